The molecule has 0 aliphatic rings. The van der Waals surface area contributed by atoms with Crippen molar-refractivity contribution in [2.24, 2.45) is 20.5 Å². The summed E-state index contributed by atoms with van der Waals surface area (Å²) in [4.78, 5) is -0.297. The molecule has 0 saturated heterocycles. The summed E-state index contributed by atoms with van der Waals surface area (Å²) in [6.45, 7) is 1.80. The molecule has 0 atom stereocenters. The largest absolute Gasteiger partial charge is 0.505 e. The molecule has 37 heavy (non-hydrogen) atoms. The standard InChI is InChI=1S/C27H21N5O4S/c1-16-13-17-7-8-18(28)14-22(17)27(33)26(16)32-31-25-12-11-24(30-29-19-5-3-2-4-6-19)21-10-9-20(15-23(21)25)37(34,35)36/h2-15,33H,28H2,1H3,(H,34,35,36). The summed E-state index contributed by atoms with van der Waals surface area (Å²) >= 11 is 0. The number of benzene rings is 5. The van der Waals surface area contributed by atoms with Gasteiger partial charge in [0.15, 0.2) is 5.75 Å². The Morgan fingerprint density at radius 1 is 0.730 bits per heavy atom. The van der Waals surface area contributed by atoms with Crippen molar-refractivity contribution < 1.29 is 18.1 Å². The molecule has 5 rings (SSSR count). The zero-order chi connectivity index (χ0) is 26.2. The number of nitrogens with two attached hydrogens (primary N) is 1. The van der Waals surface area contributed by atoms with Crippen molar-refractivity contribution in [3.8, 4) is 5.75 Å². The van der Waals surface area contributed by atoms with Gasteiger partial charge in [-0.15, -0.1) is 15.3 Å². The van der Waals surface area contributed by atoms with E-state index in [1.807, 2.05) is 30.3 Å². The number of hydrogen-bond acceptors (Lipinski definition) is 8. The zero-order valence-corrected chi connectivity index (χ0v) is 20.4. The highest BCUT2D eigenvalue weighted by molar-refractivity contribution is 7.85. The van der Waals surface area contributed by atoms with E-state index < -0.39 is 10.1 Å². The molecule has 0 aliphatic carbocycles. The van der Waals surface area contributed by atoms with Crippen LogP contribution in [0.25, 0.3) is 21.5 Å². The lowest BCUT2D eigenvalue weighted by Gasteiger charge is -2.09. The van der Waals surface area contributed by atoms with E-state index in [9.17, 15) is 18.1 Å². The van der Waals surface area contributed by atoms with Gasteiger partial charge in [-0.25, -0.2) is 0 Å². The van der Waals surface area contributed by atoms with E-state index in [1.165, 1.54) is 18.2 Å². The van der Waals surface area contributed by atoms with Crippen LogP contribution in [-0.4, -0.2) is 18.1 Å². The second kappa shape index (κ2) is 9.41. The van der Waals surface area contributed by atoms with Crippen LogP contribution >= 0.6 is 0 Å². The van der Waals surface area contributed by atoms with Crippen LogP contribution in [0.1, 0.15) is 5.56 Å². The number of phenols is 1. The number of aryl methyl sites for hydroxylation is 1. The van der Waals surface area contributed by atoms with Gasteiger partial charge in [-0.2, -0.15) is 13.5 Å². The molecule has 4 N–H and O–H groups in total. The third kappa shape index (κ3) is 4.88. The first-order valence-electron chi connectivity index (χ1n) is 11.2. The lowest BCUT2D eigenvalue weighted by molar-refractivity contribution is 0.481. The molecule has 0 spiro atoms. The summed E-state index contributed by atoms with van der Waals surface area (Å²) in [6, 6.07) is 23.6. The minimum Gasteiger partial charge on any atom is -0.505 e. The first-order chi connectivity index (χ1) is 17.7. The number of anilines is 1. The third-order valence-corrected chi connectivity index (χ3v) is 6.68. The van der Waals surface area contributed by atoms with E-state index in [1.54, 1.807) is 43.3 Å². The molecule has 0 saturated carbocycles. The van der Waals surface area contributed by atoms with Crippen LogP contribution in [0.3, 0.4) is 0 Å². The number of azo groups is 2. The molecule has 0 amide bonds. The second-order valence-electron chi connectivity index (χ2n) is 8.39. The van der Waals surface area contributed by atoms with E-state index in [4.69, 9.17) is 5.73 Å². The van der Waals surface area contributed by atoms with Crippen LogP contribution in [0.4, 0.5) is 28.4 Å². The Labute approximate surface area is 212 Å². The van der Waals surface area contributed by atoms with Gasteiger partial charge in [0, 0.05) is 21.8 Å². The Morgan fingerprint density at radius 3 is 2.16 bits per heavy atom. The van der Waals surface area contributed by atoms with Gasteiger partial charge >= 0.3 is 0 Å². The summed E-state index contributed by atoms with van der Waals surface area (Å²) in [5.74, 6) is -0.0674. The first-order valence-corrected chi connectivity index (χ1v) is 12.6. The van der Waals surface area contributed by atoms with Crippen LogP contribution in [-0.2, 0) is 10.1 Å². The maximum Gasteiger partial charge on any atom is 0.294 e. The molecule has 0 heterocycles. The maximum absolute atomic E-state index is 11.8. The van der Waals surface area contributed by atoms with Crippen molar-refractivity contribution in [1.82, 2.24) is 0 Å². The van der Waals surface area contributed by atoms with Crippen LogP contribution in [0.5, 0.6) is 5.75 Å². The monoisotopic (exact) mass is 511 g/mol. The molecule has 0 aromatic heterocycles. The molecule has 9 nitrogen and oxygen atoms in total. The molecule has 5 aromatic rings. The quantitative estimate of drug-likeness (QED) is 0.126. The van der Waals surface area contributed by atoms with Gasteiger partial charge in [-0.3, -0.25) is 4.55 Å². The number of rotatable bonds is 5. The van der Waals surface area contributed by atoms with Crippen LogP contribution < -0.4 is 5.73 Å². The molecule has 10 heteroatoms. The van der Waals surface area contributed by atoms with Gasteiger partial charge in [0.2, 0.25) is 0 Å². The van der Waals surface area contributed by atoms with E-state index in [0.717, 1.165) is 5.39 Å². The SMILES string of the molecule is Cc1cc2ccc(N)cc2c(O)c1N=Nc1ccc(N=Nc2ccccc2)c2ccc(S(=O)(=O)O)cc12. The van der Waals surface area contributed by atoms with Crippen LogP contribution in [0.15, 0.2) is 110 Å². The summed E-state index contributed by atoms with van der Waals surface area (Å²) in [5.41, 5.74) is 8.76. The fourth-order valence-electron chi connectivity index (χ4n) is 3.99. The van der Waals surface area contributed by atoms with Gasteiger partial charge in [0.25, 0.3) is 10.1 Å². The predicted molar refractivity (Wildman–Crippen MR) is 143 cm³/mol. The predicted octanol–water partition coefficient (Wildman–Crippen LogP) is 7.67. The topological polar surface area (TPSA) is 150 Å². The highest BCUT2D eigenvalue weighted by atomic mass is 32.2. The third-order valence-electron chi connectivity index (χ3n) is 5.83. The number of phenolic OH excluding ortho intramolecular Hbond substituents is 1. The number of hydrogen-bond donors (Lipinski definition) is 3. The fraction of sp³-hybridized carbons (Fsp3) is 0.0370. The van der Waals surface area contributed by atoms with Crippen LogP contribution in [0.2, 0.25) is 0 Å². The van der Waals surface area contributed by atoms with Gasteiger partial charge in [-0.05, 0) is 72.5 Å². The lowest BCUT2D eigenvalue weighted by atomic mass is 10.0. The van der Waals surface area contributed by atoms with Gasteiger partial charge in [0.05, 0.1) is 22.0 Å². The number of fused-ring (bicyclic) bond motifs is 2. The minimum absolute atomic E-state index is 0.0674. The second-order valence-corrected chi connectivity index (χ2v) is 9.81. The Kier molecular flexibility index (Phi) is 6.12. The van der Waals surface area contributed by atoms with Crippen molar-refractivity contribution in [3.05, 3.63) is 90.5 Å². The Bertz CT molecular complexity index is 1840. The highest BCUT2D eigenvalue weighted by Crippen LogP contribution is 2.41. The normalized spacial score (nSPS) is 12.3. The van der Waals surface area contributed by atoms with Gasteiger partial charge < -0.3 is 10.8 Å². The van der Waals surface area contributed by atoms with Crippen molar-refractivity contribution in [1.29, 1.82) is 0 Å². The molecule has 0 unspecified atom stereocenters. The minimum atomic E-state index is -4.47. The first kappa shape index (κ1) is 24.0. The molecular weight excluding hydrogens is 490 g/mol. The molecular formula is C27H21N5O4S. The molecule has 184 valence electrons. The van der Waals surface area contributed by atoms with E-state index in [-0.39, 0.29) is 16.3 Å². The number of aromatic hydroxyl groups is 1. The lowest BCUT2D eigenvalue weighted by Crippen LogP contribution is -1.97. The average molecular weight is 512 g/mol. The van der Waals surface area contributed by atoms with Gasteiger partial charge in [0.1, 0.15) is 5.69 Å². The number of nitrogen functional groups attached to an aromatic ring is 1. The van der Waals surface area contributed by atoms with E-state index >= 15 is 0 Å². The summed E-state index contributed by atoms with van der Waals surface area (Å²) in [7, 11) is -4.47. The fourth-order valence-corrected chi connectivity index (χ4v) is 4.49. The molecule has 5 aromatic carbocycles. The Balaban J connectivity index is 1.65. The summed E-state index contributed by atoms with van der Waals surface area (Å²) in [6.07, 6.45) is 0. The van der Waals surface area contributed by atoms with Gasteiger partial charge in [-0.1, -0.05) is 30.3 Å². The van der Waals surface area contributed by atoms with Crippen molar-refractivity contribution >= 4 is 60.1 Å². The van der Waals surface area contributed by atoms with E-state index in [2.05, 4.69) is 20.5 Å². The molecule has 0 radical (unpaired) electrons. The summed E-state index contributed by atoms with van der Waals surface area (Å²) in [5, 5.41) is 30.3. The zero-order valence-electron chi connectivity index (χ0n) is 19.6. The van der Waals surface area contributed by atoms with Crippen molar-refractivity contribution in [2.45, 2.75) is 11.8 Å². The molecule has 0 aliphatic heterocycles. The van der Waals surface area contributed by atoms with Crippen molar-refractivity contribution in [3.63, 3.8) is 0 Å². The molecule has 0 bridgehead atoms. The molecule has 0 fully saturated rings. The Morgan fingerprint density at radius 2 is 1.43 bits per heavy atom. The average Bonchev–Trinajstić information content (AvgIpc) is 2.88. The highest BCUT2D eigenvalue weighted by Gasteiger charge is 2.15. The summed E-state index contributed by atoms with van der Waals surface area (Å²) < 4.78 is 33.2. The van der Waals surface area contributed by atoms with E-state index in [0.29, 0.717) is 44.5 Å². The number of nitrogens with zero attached hydrogens (tertiary/aromatic N) is 4. The maximum atomic E-state index is 11.8. The van der Waals surface area contributed by atoms with Crippen LogP contribution in [0, 0.1) is 6.92 Å². The Hall–Kier alpha value is -4.67. The van der Waals surface area contributed by atoms with Crippen molar-refractivity contribution in [2.75, 3.05) is 5.73 Å². The smallest absolute Gasteiger partial charge is 0.294 e.